The van der Waals surface area contributed by atoms with E-state index in [0.29, 0.717) is 0 Å². The zero-order valence-electron chi connectivity index (χ0n) is 19.1. The van der Waals surface area contributed by atoms with Crippen molar-refractivity contribution in [3.8, 4) is 16.9 Å². The minimum absolute atomic E-state index is 0.718. The number of likely N-dealkylation sites (N-methyl/N-ethyl adjacent to an activating group) is 1. The topological polar surface area (TPSA) is 47.3 Å². The zero-order valence-corrected chi connectivity index (χ0v) is 19.1. The molecule has 1 aliphatic rings. The summed E-state index contributed by atoms with van der Waals surface area (Å²) < 4.78 is 5.50. The van der Waals surface area contributed by atoms with Crippen LogP contribution in [-0.4, -0.2) is 13.7 Å². The van der Waals surface area contributed by atoms with Crippen molar-refractivity contribution in [1.82, 2.24) is 5.32 Å². The van der Waals surface area contributed by atoms with Gasteiger partial charge in [0.2, 0.25) is 0 Å². The standard InChI is InChI=1S/C20H24O.C7H14N2/c1-2-21-20-14-12-19(13-15-20)18-10-8-17(9-11-18)16-6-4-3-5-7-16;1-4-7(9-3)5-6(2)8/h8-16H,2-7H2,1H3;4-5,9H,8H2,1-3H3/b;6-5+,7-4+. The second-order valence-electron chi connectivity index (χ2n) is 7.80. The first-order valence-electron chi connectivity index (χ1n) is 11.2. The molecule has 1 saturated carbocycles. The van der Waals surface area contributed by atoms with Crippen LogP contribution in [0, 0.1) is 0 Å². The van der Waals surface area contributed by atoms with Gasteiger partial charge in [-0.05, 0) is 74.4 Å². The molecule has 0 saturated heterocycles. The van der Waals surface area contributed by atoms with E-state index in [1.54, 1.807) is 0 Å². The summed E-state index contributed by atoms with van der Waals surface area (Å²) in [5.41, 5.74) is 11.4. The Bertz CT molecular complexity index is 794. The summed E-state index contributed by atoms with van der Waals surface area (Å²) in [6, 6.07) is 17.5. The number of hydrogen-bond acceptors (Lipinski definition) is 3. The van der Waals surface area contributed by atoms with Crippen LogP contribution in [0.25, 0.3) is 11.1 Å². The molecule has 2 aromatic rings. The van der Waals surface area contributed by atoms with Gasteiger partial charge in [0, 0.05) is 18.4 Å². The number of benzene rings is 2. The van der Waals surface area contributed by atoms with Crippen molar-refractivity contribution in [3.05, 3.63) is 77.6 Å². The normalized spacial score (nSPS) is 15.2. The van der Waals surface area contributed by atoms with E-state index in [0.717, 1.165) is 29.7 Å². The summed E-state index contributed by atoms with van der Waals surface area (Å²) in [5.74, 6) is 1.73. The van der Waals surface area contributed by atoms with Crippen LogP contribution in [-0.2, 0) is 0 Å². The Morgan fingerprint density at radius 3 is 2.00 bits per heavy atom. The highest BCUT2D eigenvalue weighted by atomic mass is 16.5. The molecule has 1 fully saturated rings. The van der Waals surface area contributed by atoms with Gasteiger partial charge in [-0.2, -0.15) is 0 Å². The van der Waals surface area contributed by atoms with Gasteiger partial charge in [0.05, 0.1) is 6.61 Å². The van der Waals surface area contributed by atoms with Crippen LogP contribution < -0.4 is 15.8 Å². The third-order valence-electron chi connectivity index (χ3n) is 5.47. The summed E-state index contributed by atoms with van der Waals surface area (Å²) in [4.78, 5) is 0. The maximum absolute atomic E-state index is 5.50. The Morgan fingerprint density at radius 2 is 1.57 bits per heavy atom. The highest BCUT2D eigenvalue weighted by Crippen LogP contribution is 2.33. The van der Waals surface area contributed by atoms with Gasteiger partial charge >= 0.3 is 0 Å². The predicted molar refractivity (Wildman–Crippen MR) is 130 cm³/mol. The third-order valence-corrected chi connectivity index (χ3v) is 5.47. The zero-order chi connectivity index (χ0) is 21.8. The molecule has 0 amide bonds. The van der Waals surface area contributed by atoms with Crippen molar-refractivity contribution in [1.29, 1.82) is 0 Å². The van der Waals surface area contributed by atoms with Gasteiger partial charge in [-0.3, -0.25) is 0 Å². The van der Waals surface area contributed by atoms with E-state index >= 15 is 0 Å². The Labute approximate surface area is 183 Å². The third kappa shape index (κ3) is 7.62. The second-order valence-corrected chi connectivity index (χ2v) is 7.80. The summed E-state index contributed by atoms with van der Waals surface area (Å²) in [5, 5.41) is 2.99. The number of nitrogens with one attached hydrogen (secondary N) is 1. The lowest BCUT2D eigenvalue weighted by atomic mass is 9.84. The van der Waals surface area contributed by atoms with Crippen LogP contribution in [0.3, 0.4) is 0 Å². The van der Waals surface area contributed by atoms with Gasteiger partial charge < -0.3 is 15.8 Å². The van der Waals surface area contributed by atoms with Crippen molar-refractivity contribution in [3.63, 3.8) is 0 Å². The molecule has 2 aromatic carbocycles. The molecule has 0 heterocycles. The number of rotatable bonds is 6. The van der Waals surface area contributed by atoms with Gasteiger partial charge in [0.15, 0.2) is 0 Å². The van der Waals surface area contributed by atoms with Crippen LogP contribution in [0.2, 0.25) is 0 Å². The van der Waals surface area contributed by atoms with Crippen molar-refractivity contribution >= 4 is 0 Å². The van der Waals surface area contributed by atoms with Crippen molar-refractivity contribution in [2.75, 3.05) is 13.7 Å². The molecule has 0 radical (unpaired) electrons. The summed E-state index contributed by atoms with van der Waals surface area (Å²) in [7, 11) is 1.87. The number of ether oxygens (including phenoxy) is 1. The molecular formula is C27H38N2O. The molecule has 30 heavy (non-hydrogen) atoms. The van der Waals surface area contributed by atoms with Crippen molar-refractivity contribution in [2.24, 2.45) is 5.73 Å². The van der Waals surface area contributed by atoms with Crippen LogP contribution in [0.15, 0.2) is 72.1 Å². The predicted octanol–water partition coefficient (Wildman–Crippen LogP) is 6.77. The van der Waals surface area contributed by atoms with E-state index in [9.17, 15) is 0 Å². The maximum Gasteiger partial charge on any atom is 0.119 e. The molecule has 1 aliphatic carbocycles. The quantitative estimate of drug-likeness (QED) is 0.520. The lowest BCUT2D eigenvalue weighted by Gasteiger charge is -2.22. The molecule has 3 N–H and O–H groups in total. The first-order chi connectivity index (χ1) is 14.6. The van der Waals surface area contributed by atoms with Crippen molar-refractivity contribution < 1.29 is 4.74 Å². The Morgan fingerprint density at radius 1 is 1.00 bits per heavy atom. The Hall–Kier alpha value is -2.68. The summed E-state index contributed by atoms with van der Waals surface area (Å²) in [6.07, 6.45) is 10.8. The SMILES string of the molecule is C/C=C(\C=C(/C)N)NC.CCOc1ccc(-c2ccc(C3CCCCC3)cc2)cc1. The monoisotopic (exact) mass is 406 g/mol. The number of hydrogen-bond donors (Lipinski definition) is 2. The minimum atomic E-state index is 0.718. The molecule has 0 aromatic heterocycles. The molecule has 162 valence electrons. The molecule has 0 bridgehead atoms. The van der Waals surface area contributed by atoms with E-state index in [1.807, 2.05) is 52.1 Å². The number of nitrogens with two attached hydrogens (primary N) is 1. The van der Waals surface area contributed by atoms with E-state index in [2.05, 4.69) is 41.7 Å². The lowest BCUT2D eigenvalue weighted by molar-refractivity contribution is 0.340. The van der Waals surface area contributed by atoms with Crippen LogP contribution >= 0.6 is 0 Å². The van der Waals surface area contributed by atoms with E-state index in [4.69, 9.17) is 10.5 Å². The Balaban J connectivity index is 0.000000303. The fraction of sp³-hybridized carbons (Fsp3) is 0.407. The van der Waals surface area contributed by atoms with Gasteiger partial charge in [-0.15, -0.1) is 0 Å². The smallest absolute Gasteiger partial charge is 0.119 e. The average molecular weight is 407 g/mol. The Kier molecular flexibility index (Phi) is 10.1. The summed E-state index contributed by atoms with van der Waals surface area (Å²) in [6.45, 7) is 6.56. The highest BCUT2D eigenvalue weighted by molar-refractivity contribution is 5.64. The number of allylic oxidation sites excluding steroid dienone is 3. The highest BCUT2D eigenvalue weighted by Gasteiger charge is 2.15. The molecule has 3 heteroatoms. The van der Waals surface area contributed by atoms with E-state index in [1.165, 1.54) is 48.8 Å². The van der Waals surface area contributed by atoms with Crippen LogP contribution in [0.1, 0.15) is 64.4 Å². The molecule has 0 spiro atoms. The molecule has 3 nitrogen and oxygen atoms in total. The van der Waals surface area contributed by atoms with Crippen LogP contribution in [0.5, 0.6) is 5.75 Å². The fourth-order valence-electron chi connectivity index (χ4n) is 3.84. The second kappa shape index (κ2) is 12.8. The molecule has 0 aliphatic heterocycles. The molecular weight excluding hydrogens is 368 g/mol. The van der Waals surface area contributed by atoms with E-state index < -0.39 is 0 Å². The van der Waals surface area contributed by atoms with Crippen molar-refractivity contribution in [2.45, 2.75) is 58.8 Å². The minimum Gasteiger partial charge on any atom is -0.494 e. The first-order valence-corrected chi connectivity index (χ1v) is 11.2. The molecule has 0 unspecified atom stereocenters. The average Bonchev–Trinajstić information content (AvgIpc) is 2.79. The summed E-state index contributed by atoms with van der Waals surface area (Å²) >= 11 is 0. The van der Waals surface area contributed by atoms with Gasteiger partial charge in [-0.1, -0.05) is 61.7 Å². The maximum atomic E-state index is 5.50. The van der Waals surface area contributed by atoms with Gasteiger partial charge in [-0.25, -0.2) is 0 Å². The van der Waals surface area contributed by atoms with E-state index in [-0.39, 0.29) is 0 Å². The van der Waals surface area contributed by atoms with Gasteiger partial charge in [0.1, 0.15) is 5.75 Å². The molecule has 0 atom stereocenters. The van der Waals surface area contributed by atoms with Gasteiger partial charge in [0.25, 0.3) is 0 Å². The first kappa shape index (κ1) is 23.6. The molecule has 3 rings (SSSR count). The largest absolute Gasteiger partial charge is 0.494 e. The lowest BCUT2D eigenvalue weighted by Crippen LogP contribution is -2.04. The van der Waals surface area contributed by atoms with Crippen LogP contribution in [0.4, 0.5) is 0 Å². The fourth-order valence-corrected chi connectivity index (χ4v) is 3.84.